The third kappa shape index (κ3) is 6.17. The number of carbonyl (C=O) groups excluding carboxylic acids is 1. The largest absolute Gasteiger partial charge is 0.497 e. The zero-order valence-corrected chi connectivity index (χ0v) is 16.6. The number of benzene rings is 1. The predicted octanol–water partition coefficient (Wildman–Crippen LogP) is 2.51. The number of hydrogen-bond donors (Lipinski definition) is 1. The topological polar surface area (TPSA) is 84.9 Å². The van der Waals surface area contributed by atoms with Gasteiger partial charge in [-0.05, 0) is 51.3 Å². The van der Waals surface area contributed by atoms with Crippen LogP contribution in [0.4, 0.5) is 4.79 Å². The minimum atomic E-state index is -3.50. The normalized spacial score (nSPS) is 18.0. The summed E-state index contributed by atoms with van der Waals surface area (Å²) in [6, 6.07) is 6.72. The molecule has 1 heterocycles. The SMILES string of the molecule is COc1ccc(CS(=O)(=O)NC[C@@H]2CCCN2C(=O)OC(C)(C)C)cc1. The first-order valence-corrected chi connectivity index (χ1v) is 10.3. The Morgan fingerprint density at radius 1 is 1.27 bits per heavy atom. The Morgan fingerprint density at radius 2 is 1.92 bits per heavy atom. The van der Waals surface area contributed by atoms with E-state index in [1.807, 2.05) is 20.8 Å². The summed E-state index contributed by atoms with van der Waals surface area (Å²) in [6.45, 7) is 6.21. The van der Waals surface area contributed by atoms with E-state index in [0.29, 0.717) is 17.9 Å². The van der Waals surface area contributed by atoms with Crippen LogP contribution in [0.25, 0.3) is 0 Å². The maximum Gasteiger partial charge on any atom is 0.410 e. The van der Waals surface area contributed by atoms with Crippen LogP contribution in [-0.4, -0.2) is 51.3 Å². The lowest BCUT2D eigenvalue weighted by molar-refractivity contribution is 0.0229. The smallest absolute Gasteiger partial charge is 0.410 e. The molecule has 1 amide bonds. The van der Waals surface area contributed by atoms with E-state index in [2.05, 4.69) is 4.72 Å². The Balaban J connectivity index is 1.91. The summed E-state index contributed by atoms with van der Waals surface area (Å²) in [5, 5.41) is 0. The number of hydrogen-bond acceptors (Lipinski definition) is 5. The molecule has 0 spiro atoms. The summed E-state index contributed by atoms with van der Waals surface area (Å²) in [4.78, 5) is 13.9. The van der Waals surface area contributed by atoms with E-state index in [0.717, 1.165) is 12.8 Å². The molecule has 7 nitrogen and oxygen atoms in total. The fourth-order valence-electron chi connectivity index (χ4n) is 2.82. The number of nitrogens with zero attached hydrogens (tertiary/aromatic N) is 1. The van der Waals surface area contributed by atoms with Crippen molar-refractivity contribution in [3.05, 3.63) is 29.8 Å². The molecular formula is C18H28N2O5S. The van der Waals surface area contributed by atoms with Gasteiger partial charge < -0.3 is 14.4 Å². The molecule has 0 unspecified atom stereocenters. The van der Waals surface area contributed by atoms with Crippen molar-refractivity contribution in [2.24, 2.45) is 0 Å². The average Bonchev–Trinajstić information content (AvgIpc) is 3.00. The molecule has 146 valence electrons. The van der Waals surface area contributed by atoms with Gasteiger partial charge in [-0.3, -0.25) is 0 Å². The van der Waals surface area contributed by atoms with Crippen molar-refractivity contribution < 1.29 is 22.7 Å². The van der Waals surface area contributed by atoms with Crippen molar-refractivity contribution in [3.8, 4) is 5.75 Å². The number of amides is 1. The number of carbonyl (C=O) groups is 1. The van der Waals surface area contributed by atoms with Crippen LogP contribution in [0.2, 0.25) is 0 Å². The van der Waals surface area contributed by atoms with E-state index in [4.69, 9.17) is 9.47 Å². The van der Waals surface area contributed by atoms with Gasteiger partial charge in [0.05, 0.1) is 12.9 Å². The van der Waals surface area contributed by atoms with Gasteiger partial charge >= 0.3 is 6.09 Å². The summed E-state index contributed by atoms with van der Waals surface area (Å²) in [7, 11) is -1.93. The second-order valence-corrected chi connectivity index (χ2v) is 9.23. The molecule has 0 bridgehead atoms. The summed E-state index contributed by atoms with van der Waals surface area (Å²) in [5.41, 5.74) is 0.103. The molecule has 1 N–H and O–H groups in total. The highest BCUT2D eigenvalue weighted by atomic mass is 32.2. The number of likely N-dealkylation sites (tertiary alicyclic amines) is 1. The standard InChI is InChI=1S/C18H28N2O5S/c1-18(2,3)25-17(21)20-11-5-6-15(20)12-19-26(22,23)13-14-7-9-16(24-4)10-8-14/h7-10,15,19H,5-6,11-13H2,1-4H3/t15-/m0/s1. The molecule has 1 aromatic rings. The van der Waals surface area contributed by atoms with Gasteiger partial charge in [-0.2, -0.15) is 0 Å². The van der Waals surface area contributed by atoms with Gasteiger partial charge in [-0.15, -0.1) is 0 Å². The Hall–Kier alpha value is -1.80. The minimum Gasteiger partial charge on any atom is -0.497 e. The van der Waals surface area contributed by atoms with Gasteiger partial charge in [-0.1, -0.05) is 12.1 Å². The Labute approximate surface area is 155 Å². The van der Waals surface area contributed by atoms with E-state index in [-0.39, 0.29) is 18.3 Å². The molecule has 26 heavy (non-hydrogen) atoms. The molecule has 0 saturated carbocycles. The zero-order valence-electron chi connectivity index (χ0n) is 15.8. The molecule has 0 aliphatic carbocycles. The summed E-state index contributed by atoms with van der Waals surface area (Å²) in [6.07, 6.45) is 1.20. The fraction of sp³-hybridized carbons (Fsp3) is 0.611. The first-order chi connectivity index (χ1) is 12.1. The van der Waals surface area contributed by atoms with Crippen molar-refractivity contribution in [3.63, 3.8) is 0 Å². The van der Waals surface area contributed by atoms with Crippen molar-refractivity contribution in [1.29, 1.82) is 0 Å². The van der Waals surface area contributed by atoms with Gasteiger partial charge in [0, 0.05) is 19.1 Å². The number of rotatable bonds is 6. The summed E-state index contributed by atoms with van der Waals surface area (Å²) in [5.74, 6) is 0.564. The van der Waals surface area contributed by atoms with Crippen LogP contribution >= 0.6 is 0 Å². The van der Waals surface area contributed by atoms with Crippen LogP contribution in [0.3, 0.4) is 0 Å². The monoisotopic (exact) mass is 384 g/mol. The van der Waals surface area contributed by atoms with Crippen molar-refractivity contribution >= 4 is 16.1 Å². The lowest BCUT2D eigenvalue weighted by atomic mass is 10.2. The quantitative estimate of drug-likeness (QED) is 0.815. The Morgan fingerprint density at radius 3 is 2.50 bits per heavy atom. The predicted molar refractivity (Wildman–Crippen MR) is 99.6 cm³/mol. The first-order valence-electron chi connectivity index (χ1n) is 8.69. The van der Waals surface area contributed by atoms with Crippen molar-refractivity contribution in [1.82, 2.24) is 9.62 Å². The lowest BCUT2D eigenvalue weighted by Crippen LogP contribution is -2.45. The molecule has 1 atom stereocenters. The van der Waals surface area contributed by atoms with Gasteiger partial charge in [0.15, 0.2) is 0 Å². The molecule has 0 aromatic heterocycles. The van der Waals surface area contributed by atoms with Crippen LogP contribution in [-0.2, 0) is 20.5 Å². The second kappa shape index (κ2) is 8.26. The minimum absolute atomic E-state index is 0.115. The van der Waals surface area contributed by atoms with E-state index in [1.54, 1.807) is 36.3 Å². The lowest BCUT2D eigenvalue weighted by Gasteiger charge is -2.28. The van der Waals surface area contributed by atoms with Crippen molar-refractivity contribution in [2.75, 3.05) is 20.2 Å². The zero-order chi connectivity index (χ0) is 19.4. The van der Waals surface area contributed by atoms with Crippen LogP contribution in [0.5, 0.6) is 5.75 Å². The number of nitrogens with one attached hydrogen (secondary N) is 1. The average molecular weight is 384 g/mol. The van der Waals surface area contributed by atoms with Gasteiger partial charge in [0.1, 0.15) is 11.4 Å². The van der Waals surface area contributed by atoms with Crippen LogP contribution in [0, 0.1) is 0 Å². The van der Waals surface area contributed by atoms with Crippen LogP contribution in [0.1, 0.15) is 39.2 Å². The number of ether oxygens (including phenoxy) is 2. The van der Waals surface area contributed by atoms with Crippen molar-refractivity contribution in [2.45, 2.75) is 51.0 Å². The molecule has 0 radical (unpaired) electrons. The number of sulfonamides is 1. The third-order valence-electron chi connectivity index (χ3n) is 4.06. The molecular weight excluding hydrogens is 356 g/mol. The molecule has 1 aliphatic heterocycles. The highest BCUT2D eigenvalue weighted by Gasteiger charge is 2.32. The third-order valence-corrected chi connectivity index (χ3v) is 5.38. The Kier molecular flexibility index (Phi) is 6.52. The van der Waals surface area contributed by atoms with Gasteiger partial charge in [-0.25, -0.2) is 17.9 Å². The van der Waals surface area contributed by atoms with E-state index in [1.165, 1.54) is 0 Å². The van der Waals surface area contributed by atoms with E-state index >= 15 is 0 Å². The maximum absolute atomic E-state index is 12.3. The molecule has 1 aliphatic rings. The molecule has 2 rings (SSSR count). The molecule has 8 heteroatoms. The Bertz CT molecular complexity index is 710. The highest BCUT2D eigenvalue weighted by molar-refractivity contribution is 7.88. The second-order valence-electron chi connectivity index (χ2n) is 7.43. The van der Waals surface area contributed by atoms with E-state index in [9.17, 15) is 13.2 Å². The van der Waals surface area contributed by atoms with Crippen LogP contribution in [0.15, 0.2) is 24.3 Å². The summed E-state index contributed by atoms with van der Waals surface area (Å²) < 4.78 is 37.8. The first kappa shape index (κ1) is 20.5. The van der Waals surface area contributed by atoms with Crippen LogP contribution < -0.4 is 9.46 Å². The molecule has 1 aromatic carbocycles. The molecule has 1 saturated heterocycles. The van der Waals surface area contributed by atoms with Gasteiger partial charge in [0.25, 0.3) is 0 Å². The highest BCUT2D eigenvalue weighted by Crippen LogP contribution is 2.21. The number of methoxy groups -OCH3 is 1. The summed E-state index contributed by atoms with van der Waals surface area (Å²) >= 11 is 0. The van der Waals surface area contributed by atoms with E-state index < -0.39 is 21.7 Å². The maximum atomic E-state index is 12.3. The fourth-order valence-corrected chi connectivity index (χ4v) is 4.00. The molecule has 1 fully saturated rings. The van der Waals surface area contributed by atoms with Gasteiger partial charge in [0.2, 0.25) is 10.0 Å².